The van der Waals surface area contributed by atoms with Crippen molar-refractivity contribution in [1.82, 2.24) is 10.3 Å². The van der Waals surface area contributed by atoms with Crippen LogP contribution in [0.2, 0.25) is 0 Å². The van der Waals surface area contributed by atoms with Gasteiger partial charge in [-0.2, -0.15) is 0 Å². The molecular formula is C11H16N4O2. The monoisotopic (exact) mass is 236 g/mol. The zero-order valence-corrected chi connectivity index (χ0v) is 9.69. The summed E-state index contributed by atoms with van der Waals surface area (Å²) in [5.74, 6) is -0.998. The van der Waals surface area contributed by atoms with Gasteiger partial charge in [-0.1, -0.05) is 6.92 Å². The fourth-order valence-corrected chi connectivity index (χ4v) is 1.19. The Morgan fingerprint density at radius 2 is 2.24 bits per heavy atom. The Hall–Kier alpha value is -2.11. The number of anilines is 1. The first-order valence-electron chi connectivity index (χ1n) is 5.40. The summed E-state index contributed by atoms with van der Waals surface area (Å²) in [4.78, 5) is 26.0. The first-order valence-corrected chi connectivity index (χ1v) is 5.40. The van der Waals surface area contributed by atoms with Crippen LogP contribution in [0.15, 0.2) is 18.3 Å². The normalized spacial score (nSPS) is 9.71. The average Bonchev–Trinajstić information content (AvgIpc) is 2.33. The molecule has 0 aromatic carbocycles. The van der Waals surface area contributed by atoms with Crippen LogP contribution in [-0.2, 0) is 4.79 Å². The van der Waals surface area contributed by atoms with Gasteiger partial charge in [-0.05, 0) is 18.6 Å². The van der Waals surface area contributed by atoms with E-state index in [1.807, 2.05) is 0 Å². The summed E-state index contributed by atoms with van der Waals surface area (Å²) >= 11 is 0. The van der Waals surface area contributed by atoms with Crippen molar-refractivity contribution < 1.29 is 9.59 Å². The standard InChI is InChI=1S/C11H16N4O2/c1-2-4-13-8-3-5-14-9(6-8)11(17)15-7-10(12)16/h3,5-6H,2,4,7H2,1H3,(H2,12,16)(H,13,14)(H,15,17). The van der Waals surface area contributed by atoms with E-state index in [9.17, 15) is 9.59 Å². The van der Waals surface area contributed by atoms with Crippen molar-refractivity contribution >= 4 is 17.5 Å². The number of hydrogen-bond acceptors (Lipinski definition) is 4. The molecule has 0 spiro atoms. The lowest BCUT2D eigenvalue weighted by atomic mass is 10.3. The molecule has 0 radical (unpaired) electrons. The zero-order valence-electron chi connectivity index (χ0n) is 9.69. The van der Waals surface area contributed by atoms with Gasteiger partial charge in [0.25, 0.3) is 5.91 Å². The molecule has 0 aliphatic heterocycles. The van der Waals surface area contributed by atoms with Gasteiger partial charge < -0.3 is 16.4 Å². The van der Waals surface area contributed by atoms with E-state index in [1.165, 1.54) is 6.20 Å². The largest absolute Gasteiger partial charge is 0.385 e. The molecule has 1 aromatic heterocycles. The third kappa shape index (κ3) is 4.50. The predicted octanol–water partition coefficient (Wildman–Crippen LogP) is 0.119. The van der Waals surface area contributed by atoms with Crippen LogP contribution in [0.25, 0.3) is 0 Å². The summed E-state index contributed by atoms with van der Waals surface area (Å²) in [6.45, 7) is 2.69. The molecule has 0 aliphatic carbocycles. The number of nitrogens with zero attached hydrogens (tertiary/aromatic N) is 1. The summed E-state index contributed by atoms with van der Waals surface area (Å²) in [5, 5.41) is 5.52. The number of nitrogens with one attached hydrogen (secondary N) is 2. The van der Waals surface area contributed by atoms with E-state index in [4.69, 9.17) is 5.73 Å². The molecule has 6 heteroatoms. The van der Waals surface area contributed by atoms with Gasteiger partial charge in [0.2, 0.25) is 5.91 Å². The van der Waals surface area contributed by atoms with Gasteiger partial charge in [0.05, 0.1) is 6.54 Å². The van der Waals surface area contributed by atoms with E-state index in [1.54, 1.807) is 12.1 Å². The fraction of sp³-hybridized carbons (Fsp3) is 0.364. The number of nitrogens with two attached hydrogens (primary N) is 1. The lowest BCUT2D eigenvalue weighted by Crippen LogP contribution is -2.33. The Morgan fingerprint density at radius 3 is 2.88 bits per heavy atom. The Labute approximate surface area is 99.6 Å². The average molecular weight is 236 g/mol. The van der Waals surface area contributed by atoms with E-state index < -0.39 is 11.8 Å². The third-order valence-electron chi connectivity index (χ3n) is 1.99. The smallest absolute Gasteiger partial charge is 0.270 e. The van der Waals surface area contributed by atoms with Crippen LogP contribution in [0.3, 0.4) is 0 Å². The van der Waals surface area contributed by atoms with Gasteiger partial charge in [-0.3, -0.25) is 14.6 Å². The topological polar surface area (TPSA) is 97.1 Å². The maximum atomic E-state index is 11.6. The van der Waals surface area contributed by atoms with Crippen molar-refractivity contribution in [3.63, 3.8) is 0 Å². The van der Waals surface area contributed by atoms with Gasteiger partial charge in [-0.15, -0.1) is 0 Å². The molecule has 0 bridgehead atoms. The Bertz CT molecular complexity index is 406. The number of pyridine rings is 1. The Morgan fingerprint density at radius 1 is 1.47 bits per heavy atom. The minimum Gasteiger partial charge on any atom is -0.385 e. The quantitative estimate of drug-likeness (QED) is 0.653. The van der Waals surface area contributed by atoms with Crippen LogP contribution in [0, 0.1) is 0 Å². The first-order chi connectivity index (χ1) is 8.13. The van der Waals surface area contributed by atoms with Gasteiger partial charge in [0.15, 0.2) is 0 Å². The second kappa shape index (κ2) is 6.47. The number of carbonyl (C=O) groups excluding carboxylic acids is 2. The minimum atomic E-state index is -0.585. The SMILES string of the molecule is CCCNc1ccnc(C(=O)NCC(N)=O)c1. The minimum absolute atomic E-state index is 0.187. The number of hydrogen-bond donors (Lipinski definition) is 3. The van der Waals surface area contributed by atoms with E-state index in [0.29, 0.717) is 0 Å². The molecule has 0 aliphatic rings. The number of aromatic nitrogens is 1. The number of rotatable bonds is 6. The fourth-order valence-electron chi connectivity index (χ4n) is 1.19. The molecule has 17 heavy (non-hydrogen) atoms. The summed E-state index contributed by atoms with van der Waals surface area (Å²) in [6, 6.07) is 3.41. The van der Waals surface area contributed by atoms with Gasteiger partial charge in [-0.25, -0.2) is 0 Å². The predicted molar refractivity (Wildman–Crippen MR) is 64.5 cm³/mol. The van der Waals surface area contributed by atoms with Crippen LogP contribution < -0.4 is 16.4 Å². The maximum Gasteiger partial charge on any atom is 0.270 e. The van der Waals surface area contributed by atoms with Crippen molar-refractivity contribution in [1.29, 1.82) is 0 Å². The number of amides is 2. The molecule has 1 heterocycles. The lowest BCUT2D eigenvalue weighted by Gasteiger charge is -2.06. The molecule has 2 amide bonds. The maximum absolute atomic E-state index is 11.6. The molecule has 1 aromatic rings. The molecule has 6 nitrogen and oxygen atoms in total. The first kappa shape index (κ1) is 13.0. The van der Waals surface area contributed by atoms with E-state index in [2.05, 4.69) is 22.5 Å². The summed E-state index contributed by atoms with van der Waals surface area (Å²) < 4.78 is 0. The van der Waals surface area contributed by atoms with Gasteiger partial charge in [0, 0.05) is 18.4 Å². The van der Waals surface area contributed by atoms with Crippen molar-refractivity contribution in [3.8, 4) is 0 Å². The lowest BCUT2D eigenvalue weighted by molar-refractivity contribution is -0.117. The Balaban J connectivity index is 2.63. The summed E-state index contributed by atoms with van der Waals surface area (Å²) in [6.07, 6.45) is 2.53. The van der Waals surface area contributed by atoms with E-state index >= 15 is 0 Å². The van der Waals surface area contributed by atoms with Crippen LogP contribution in [0.4, 0.5) is 5.69 Å². The summed E-state index contributed by atoms with van der Waals surface area (Å²) in [5.41, 5.74) is 6.01. The summed E-state index contributed by atoms with van der Waals surface area (Å²) in [7, 11) is 0. The van der Waals surface area contributed by atoms with Crippen molar-refractivity contribution in [2.75, 3.05) is 18.4 Å². The highest BCUT2D eigenvalue weighted by Crippen LogP contribution is 2.07. The van der Waals surface area contributed by atoms with Crippen LogP contribution in [0.1, 0.15) is 23.8 Å². The van der Waals surface area contributed by atoms with E-state index in [0.717, 1.165) is 18.7 Å². The zero-order chi connectivity index (χ0) is 12.7. The number of carbonyl (C=O) groups is 2. The van der Waals surface area contributed by atoms with Gasteiger partial charge in [0.1, 0.15) is 5.69 Å². The molecule has 92 valence electrons. The van der Waals surface area contributed by atoms with Crippen molar-refractivity contribution in [2.45, 2.75) is 13.3 Å². The highest BCUT2D eigenvalue weighted by atomic mass is 16.2. The molecule has 4 N–H and O–H groups in total. The second-order valence-electron chi connectivity index (χ2n) is 3.51. The highest BCUT2D eigenvalue weighted by molar-refractivity contribution is 5.95. The van der Waals surface area contributed by atoms with Crippen LogP contribution >= 0.6 is 0 Å². The molecule has 0 saturated heterocycles. The third-order valence-corrected chi connectivity index (χ3v) is 1.99. The van der Waals surface area contributed by atoms with Crippen molar-refractivity contribution in [3.05, 3.63) is 24.0 Å². The molecule has 0 unspecified atom stereocenters. The van der Waals surface area contributed by atoms with Crippen molar-refractivity contribution in [2.24, 2.45) is 5.73 Å². The van der Waals surface area contributed by atoms with E-state index in [-0.39, 0.29) is 12.2 Å². The molecule has 0 saturated carbocycles. The molecule has 0 atom stereocenters. The Kier molecular flexibility index (Phi) is 4.93. The molecular weight excluding hydrogens is 220 g/mol. The highest BCUT2D eigenvalue weighted by Gasteiger charge is 2.08. The molecule has 0 fully saturated rings. The van der Waals surface area contributed by atoms with Crippen LogP contribution in [0.5, 0.6) is 0 Å². The molecule has 1 rings (SSSR count). The van der Waals surface area contributed by atoms with Crippen LogP contribution in [-0.4, -0.2) is 29.9 Å². The number of primary amides is 1. The van der Waals surface area contributed by atoms with Gasteiger partial charge >= 0.3 is 0 Å². The second-order valence-corrected chi connectivity index (χ2v) is 3.51.